The van der Waals surface area contributed by atoms with Gasteiger partial charge in [0.15, 0.2) is 0 Å². The molecule has 344 valence electrons. The number of benzene rings is 4. The monoisotopic (exact) mass is 948 g/mol. The minimum absolute atomic E-state index is 0.00840. The van der Waals surface area contributed by atoms with Crippen LogP contribution in [0.25, 0.3) is 16.5 Å². The van der Waals surface area contributed by atoms with Gasteiger partial charge in [0.1, 0.15) is 17.2 Å². The van der Waals surface area contributed by atoms with Gasteiger partial charge in [0.2, 0.25) is 0 Å². The number of aromatic nitrogens is 2. The van der Waals surface area contributed by atoms with Crippen molar-refractivity contribution in [1.29, 1.82) is 0 Å². The van der Waals surface area contributed by atoms with Gasteiger partial charge in [-0.15, -0.1) is 11.3 Å². The summed E-state index contributed by atoms with van der Waals surface area (Å²) in [7, 11) is -4.56. The molecule has 0 bridgehead atoms. The molecule has 17 heteroatoms. The molecule has 0 unspecified atom stereocenters. The maximum absolute atomic E-state index is 14.0. The van der Waals surface area contributed by atoms with Gasteiger partial charge in [-0.1, -0.05) is 43.2 Å². The van der Waals surface area contributed by atoms with Gasteiger partial charge in [0.05, 0.1) is 26.6 Å². The number of H-pyrrole nitrogens is 1. The summed E-state index contributed by atoms with van der Waals surface area (Å²) in [6.45, 7) is 11.0. The predicted molar refractivity (Wildman–Crippen MR) is 261 cm³/mol. The third-order valence-corrected chi connectivity index (χ3v) is 15.2. The highest BCUT2D eigenvalue weighted by Crippen LogP contribution is 2.43. The summed E-state index contributed by atoms with van der Waals surface area (Å²) < 4.78 is 36.2. The number of fused-ring (bicyclic) bond motifs is 1. The number of hydrogen-bond donors (Lipinski definition) is 3. The molecule has 2 aliphatic heterocycles. The van der Waals surface area contributed by atoms with Gasteiger partial charge in [-0.05, 0) is 109 Å². The number of piperazine rings is 1. The molecule has 9 rings (SSSR count). The predicted octanol–water partition coefficient (Wildman–Crippen LogP) is 9.96. The summed E-state index contributed by atoms with van der Waals surface area (Å²) in [5, 5.41) is 19.2. The first-order valence-electron chi connectivity index (χ1n) is 22.3. The highest BCUT2D eigenvalue weighted by atomic mass is 35.5. The van der Waals surface area contributed by atoms with E-state index in [0.717, 1.165) is 118 Å². The molecule has 3 aliphatic rings. The Morgan fingerprint density at radius 2 is 1.73 bits per heavy atom. The smallest absolute Gasteiger partial charge is 0.293 e. The molecule has 1 aliphatic carbocycles. The van der Waals surface area contributed by atoms with E-state index >= 15 is 0 Å². The van der Waals surface area contributed by atoms with Gasteiger partial charge in [-0.25, -0.2) is 18.1 Å². The standard InChI is InChI=1S/C49H53ClN8O6S2/c1-49(2)17-13-35(43(28-49)33-3-5-36(50)6-4-33)29-56-21-23-57(24-22-56)39-7-10-42(47(26-39)64-40-8-11-44-34(25-40)14-18-51-44)48(59)54-66(62,63)41-9-12-45(46(27-41)58(60)61)53-37-15-19-55(20-16-37)30-38-31-65-32-52-38/h3-12,14,18,25-27,31-32,37,51,53H,13,15-17,19-24,28-30H2,1-2H3,(H,54,59). The number of rotatable bonds is 14. The Morgan fingerprint density at radius 1 is 0.955 bits per heavy atom. The first-order valence-corrected chi connectivity index (χ1v) is 25.1. The van der Waals surface area contributed by atoms with E-state index in [-0.39, 0.29) is 28.5 Å². The average molecular weight is 950 g/mol. The van der Waals surface area contributed by atoms with Crippen molar-refractivity contribution in [1.82, 2.24) is 24.5 Å². The molecular formula is C49H53ClN8O6S2. The number of nitrogens with one attached hydrogen (secondary N) is 3. The lowest BCUT2D eigenvalue weighted by Gasteiger charge is -2.39. The lowest BCUT2D eigenvalue weighted by molar-refractivity contribution is -0.384. The Labute approximate surface area is 393 Å². The van der Waals surface area contributed by atoms with Crippen LogP contribution in [0.15, 0.2) is 112 Å². The van der Waals surface area contributed by atoms with Crippen LogP contribution in [0.1, 0.15) is 67.6 Å². The summed E-state index contributed by atoms with van der Waals surface area (Å²) in [6, 6.07) is 24.4. The first-order chi connectivity index (χ1) is 31.7. The molecule has 0 radical (unpaired) electrons. The molecule has 14 nitrogen and oxygen atoms in total. The molecule has 2 aromatic heterocycles. The maximum atomic E-state index is 14.0. The lowest BCUT2D eigenvalue weighted by Crippen LogP contribution is -2.47. The van der Waals surface area contributed by atoms with Gasteiger partial charge in [-0.3, -0.25) is 24.7 Å². The molecule has 0 saturated carbocycles. The van der Waals surface area contributed by atoms with E-state index in [1.807, 2.05) is 47.4 Å². The van der Waals surface area contributed by atoms with Crippen LogP contribution in [0.3, 0.4) is 0 Å². The maximum Gasteiger partial charge on any atom is 0.293 e. The number of nitro benzene ring substituents is 1. The van der Waals surface area contributed by atoms with Crippen molar-refractivity contribution in [3.63, 3.8) is 0 Å². The molecule has 6 aromatic rings. The number of halogens is 1. The number of aromatic amines is 1. The van der Waals surface area contributed by atoms with Gasteiger partial charge in [0, 0.05) is 104 Å². The average Bonchev–Trinajstić information content (AvgIpc) is 4.00. The quantitative estimate of drug-likeness (QED) is 0.0703. The Hall–Kier alpha value is -5.78. The minimum atomic E-state index is -4.56. The van der Waals surface area contributed by atoms with Crippen molar-refractivity contribution in [2.24, 2.45) is 5.41 Å². The van der Waals surface area contributed by atoms with Crippen LogP contribution in [-0.2, 0) is 16.6 Å². The second-order valence-corrected chi connectivity index (χ2v) is 21.1. The molecule has 4 aromatic carbocycles. The molecule has 4 heterocycles. The van der Waals surface area contributed by atoms with Crippen LogP contribution in [-0.4, -0.2) is 90.9 Å². The highest BCUT2D eigenvalue weighted by molar-refractivity contribution is 7.90. The Balaban J connectivity index is 0.904. The highest BCUT2D eigenvalue weighted by Gasteiger charge is 2.31. The third-order valence-electron chi connectivity index (χ3n) is 13.0. The number of hydrogen-bond acceptors (Lipinski definition) is 12. The molecule has 0 spiro atoms. The van der Waals surface area contributed by atoms with E-state index in [1.54, 1.807) is 35.6 Å². The molecule has 2 fully saturated rings. The van der Waals surface area contributed by atoms with Crippen LogP contribution in [0.5, 0.6) is 11.5 Å². The largest absolute Gasteiger partial charge is 0.456 e. The van der Waals surface area contributed by atoms with Crippen LogP contribution < -0.4 is 19.7 Å². The molecule has 0 atom stereocenters. The number of amides is 1. The van der Waals surface area contributed by atoms with Crippen LogP contribution in [0, 0.1) is 15.5 Å². The van der Waals surface area contributed by atoms with Crippen LogP contribution >= 0.6 is 22.9 Å². The minimum Gasteiger partial charge on any atom is -0.456 e. The topological polar surface area (TPSA) is 166 Å². The van der Waals surface area contributed by atoms with Gasteiger partial charge >= 0.3 is 0 Å². The number of allylic oxidation sites excluding steroid dienone is 1. The van der Waals surface area contributed by atoms with E-state index in [2.05, 4.69) is 60.7 Å². The van der Waals surface area contributed by atoms with Crippen molar-refractivity contribution < 1.29 is 22.9 Å². The fourth-order valence-electron chi connectivity index (χ4n) is 9.29. The number of anilines is 2. The molecule has 1 amide bonds. The summed E-state index contributed by atoms with van der Waals surface area (Å²) in [5.74, 6) is -0.299. The Kier molecular flexibility index (Phi) is 13.2. The zero-order valence-electron chi connectivity index (χ0n) is 37.0. The SMILES string of the molecule is CC1(C)CCC(CN2CCN(c3ccc(C(=O)NS(=O)(=O)c4ccc(NC5CCN(Cc6cscn6)CC5)c([N+](=O)[O-])c4)c(Oc4ccc5[nH]ccc5c4)c3)CC2)=C(c2ccc(Cl)cc2)C1. The van der Waals surface area contributed by atoms with Crippen molar-refractivity contribution in [3.05, 3.63) is 140 Å². The van der Waals surface area contributed by atoms with Crippen molar-refractivity contribution in [2.75, 3.05) is 56.0 Å². The number of sulfonamides is 1. The van der Waals surface area contributed by atoms with E-state index < -0.39 is 31.4 Å². The van der Waals surface area contributed by atoms with Gasteiger partial charge in [0.25, 0.3) is 21.6 Å². The van der Waals surface area contributed by atoms with E-state index in [4.69, 9.17) is 16.3 Å². The lowest BCUT2D eigenvalue weighted by atomic mass is 9.72. The second-order valence-electron chi connectivity index (χ2n) is 18.2. The Morgan fingerprint density at radius 3 is 2.47 bits per heavy atom. The van der Waals surface area contributed by atoms with E-state index in [0.29, 0.717) is 5.75 Å². The zero-order valence-corrected chi connectivity index (χ0v) is 39.4. The van der Waals surface area contributed by atoms with Crippen molar-refractivity contribution in [2.45, 2.75) is 63.4 Å². The van der Waals surface area contributed by atoms with E-state index in [1.165, 1.54) is 28.8 Å². The second kappa shape index (κ2) is 19.2. The summed E-state index contributed by atoms with van der Waals surface area (Å²) in [4.78, 5) is 39.9. The third kappa shape index (κ3) is 10.6. The van der Waals surface area contributed by atoms with Crippen molar-refractivity contribution in [3.8, 4) is 11.5 Å². The normalized spacial score (nSPS) is 17.5. The van der Waals surface area contributed by atoms with Gasteiger partial charge < -0.3 is 19.9 Å². The van der Waals surface area contributed by atoms with Crippen LogP contribution in [0.4, 0.5) is 17.1 Å². The summed E-state index contributed by atoms with van der Waals surface area (Å²) in [5.41, 5.74) is 8.73. The molecule has 2 saturated heterocycles. The summed E-state index contributed by atoms with van der Waals surface area (Å²) >= 11 is 7.81. The Bertz CT molecular complexity index is 2870. The molecule has 3 N–H and O–H groups in total. The fraction of sp³-hybridized carbons (Fsp3) is 0.347. The summed E-state index contributed by atoms with van der Waals surface area (Å²) in [6.07, 6.45) is 6.53. The van der Waals surface area contributed by atoms with Crippen molar-refractivity contribution >= 4 is 72.4 Å². The zero-order chi connectivity index (χ0) is 46.0. The number of carbonyl (C=O) groups excluding carboxylic acids is 1. The number of piperidine rings is 1. The number of thiazole rings is 1. The van der Waals surface area contributed by atoms with Crippen LogP contribution in [0.2, 0.25) is 5.02 Å². The van der Waals surface area contributed by atoms with Gasteiger partial charge in [-0.2, -0.15) is 0 Å². The number of ether oxygens (including phenoxy) is 1. The first kappa shape index (κ1) is 45.4. The molecular weight excluding hydrogens is 896 g/mol. The number of likely N-dealkylation sites (tertiary alicyclic amines) is 1. The van der Waals surface area contributed by atoms with E-state index in [9.17, 15) is 23.3 Å². The number of nitro groups is 1. The molecule has 66 heavy (non-hydrogen) atoms. The number of carbonyl (C=O) groups is 1. The number of nitrogens with zero attached hydrogens (tertiary/aromatic N) is 5. The fourth-order valence-corrected chi connectivity index (χ4v) is 10.9.